The second-order valence-electron chi connectivity index (χ2n) is 4.97. The lowest BCUT2D eigenvalue weighted by Gasteiger charge is -2.11. The van der Waals surface area contributed by atoms with Gasteiger partial charge in [-0.15, -0.1) is 0 Å². The topological polar surface area (TPSA) is 33.0 Å². The summed E-state index contributed by atoms with van der Waals surface area (Å²) in [6, 6.07) is 13.5. The molecule has 1 atom stereocenters. The van der Waals surface area contributed by atoms with Crippen molar-refractivity contribution in [3.05, 3.63) is 59.9 Å². The van der Waals surface area contributed by atoms with Gasteiger partial charge in [-0.05, 0) is 24.6 Å². The molecule has 0 saturated carbocycles. The molecular weight excluding hydrogens is 248 g/mol. The van der Waals surface area contributed by atoms with Crippen LogP contribution in [-0.2, 0) is 11.2 Å². The molecule has 2 rings (SSSR count). The van der Waals surface area contributed by atoms with Crippen LogP contribution in [-0.4, -0.2) is 5.91 Å². The van der Waals surface area contributed by atoms with Crippen molar-refractivity contribution in [1.29, 1.82) is 0 Å². The van der Waals surface area contributed by atoms with Crippen LogP contribution in [0.4, 0.5) is 5.69 Å². The second kappa shape index (κ2) is 6.33. The van der Waals surface area contributed by atoms with Crippen LogP contribution in [0.2, 0.25) is 0 Å². The van der Waals surface area contributed by atoms with Crippen molar-refractivity contribution in [2.24, 2.45) is 0 Å². The van der Waals surface area contributed by atoms with Crippen molar-refractivity contribution >= 4 is 11.6 Å². The smallest absolute Gasteiger partial charge is 0.293 e. The molecule has 0 aliphatic carbocycles. The largest absolute Gasteiger partial charge is 0.320 e. The highest BCUT2D eigenvalue weighted by atomic mass is 16.2. The molecule has 0 spiro atoms. The van der Waals surface area contributed by atoms with Crippen molar-refractivity contribution in [1.82, 2.24) is 0 Å². The Balaban J connectivity index is 2.18. The van der Waals surface area contributed by atoms with Gasteiger partial charge in [0, 0.05) is 31.2 Å². The summed E-state index contributed by atoms with van der Waals surface area (Å²) in [7, 11) is 0. The average Bonchev–Trinajstić information content (AvgIpc) is 2.48. The zero-order valence-electron chi connectivity index (χ0n) is 12.3. The minimum absolute atomic E-state index is 0.00227. The van der Waals surface area contributed by atoms with Gasteiger partial charge in [-0.2, -0.15) is 4.57 Å². The van der Waals surface area contributed by atoms with Crippen molar-refractivity contribution in [2.75, 3.05) is 5.32 Å². The number of rotatable bonds is 4. The normalized spacial score (nSPS) is 11.9. The Kier molecular flexibility index (Phi) is 4.51. The first-order chi connectivity index (χ1) is 9.61. The minimum Gasteiger partial charge on any atom is -0.320 e. The lowest BCUT2D eigenvalue weighted by Crippen LogP contribution is -2.46. The molecule has 3 heteroatoms. The van der Waals surface area contributed by atoms with Crippen molar-refractivity contribution in [3.8, 4) is 0 Å². The van der Waals surface area contributed by atoms with Crippen molar-refractivity contribution in [3.63, 3.8) is 0 Å². The fraction of sp³-hybridized carbons (Fsp3) is 0.294. The first-order valence-corrected chi connectivity index (χ1v) is 6.98. The maximum atomic E-state index is 12.3. The van der Waals surface area contributed by atoms with Crippen LogP contribution in [0, 0.1) is 6.92 Å². The number of aryl methyl sites for hydroxylation is 2. The molecule has 0 unspecified atom stereocenters. The Morgan fingerprint density at radius 2 is 1.90 bits per heavy atom. The summed E-state index contributed by atoms with van der Waals surface area (Å²) in [5.74, 6) is -0.00227. The second-order valence-corrected chi connectivity index (χ2v) is 4.97. The van der Waals surface area contributed by atoms with E-state index in [0.29, 0.717) is 0 Å². The molecule has 20 heavy (non-hydrogen) atoms. The number of para-hydroxylation sites is 1. The van der Waals surface area contributed by atoms with Gasteiger partial charge in [0.05, 0.1) is 0 Å². The molecule has 0 aliphatic rings. The molecule has 0 saturated heterocycles. The Morgan fingerprint density at radius 1 is 1.20 bits per heavy atom. The number of carbonyl (C=O) groups excluding carboxylic acids is 1. The predicted molar refractivity (Wildman–Crippen MR) is 80.5 cm³/mol. The number of hydrogen-bond acceptors (Lipinski definition) is 1. The van der Waals surface area contributed by atoms with E-state index < -0.39 is 0 Å². The van der Waals surface area contributed by atoms with Gasteiger partial charge in [0.1, 0.15) is 0 Å². The average molecular weight is 269 g/mol. The molecule has 1 heterocycles. The van der Waals surface area contributed by atoms with Crippen LogP contribution in [0.15, 0.2) is 48.7 Å². The highest BCUT2D eigenvalue weighted by molar-refractivity contribution is 5.92. The van der Waals surface area contributed by atoms with Crippen LogP contribution in [0.5, 0.6) is 0 Å². The number of amides is 1. The lowest BCUT2D eigenvalue weighted by molar-refractivity contribution is -0.711. The van der Waals surface area contributed by atoms with E-state index in [4.69, 9.17) is 0 Å². The van der Waals surface area contributed by atoms with Crippen LogP contribution >= 0.6 is 0 Å². The Labute approximate surface area is 120 Å². The van der Waals surface area contributed by atoms with Crippen molar-refractivity contribution in [2.45, 2.75) is 33.2 Å². The molecular formula is C17H21N2O+. The summed E-state index contributed by atoms with van der Waals surface area (Å²) in [5, 5.41) is 2.95. The van der Waals surface area contributed by atoms with Crippen molar-refractivity contribution < 1.29 is 9.36 Å². The van der Waals surface area contributed by atoms with E-state index in [0.717, 1.165) is 17.8 Å². The molecule has 2 aromatic rings. The quantitative estimate of drug-likeness (QED) is 0.850. The fourth-order valence-electron chi connectivity index (χ4n) is 2.16. The monoisotopic (exact) mass is 269 g/mol. The molecule has 1 aromatic heterocycles. The van der Waals surface area contributed by atoms with Crippen LogP contribution in [0.25, 0.3) is 0 Å². The van der Waals surface area contributed by atoms with Crippen LogP contribution < -0.4 is 9.88 Å². The molecule has 1 aromatic carbocycles. The summed E-state index contributed by atoms with van der Waals surface area (Å²) in [5.41, 5.74) is 3.14. The number of nitrogens with zero attached hydrogens (tertiary/aromatic N) is 1. The summed E-state index contributed by atoms with van der Waals surface area (Å²) < 4.78 is 2.02. The first kappa shape index (κ1) is 14.3. The molecule has 104 valence electrons. The Hall–Kier alpha value is -2.16. The van der Waals surface area contributed by atoms with Crippen LogP contribution in [0.3, 0.4) is 0 Å². The van der Waals surface area contributed by atoms with Gasteiger partial charge in [0.2, 0.25) is 6.04 Å². The number of carbonyl (C=O) groups is 1. The maximum absolute atomic E-state index is 12.3. The predicted octanol–water partition coefficient (Wildman–Crippen LogP) is 3.04. The van der Waals surface area contributed by atoms with E-state index in [1.165, 1.54) is 5.56 Å². The number of pyridine rings is 1. The standard InChI is InChI=1S/C17H20N2O/c1-4-15-11-10-13(2)19(12-15)14(3)17(20)18-16-8-6-5-7-9-16/h5-12,14H,4H2,1-3H3/p+1/t14-/m0/s1. The van der Waals surface area contributed by atoms with Gasteiger partial charge in [-0.1, -0.05) is 25.1 Å². The number of hydrogen-bond donors (Lipinski definition) is 1. The number of anilines is 1. The lowest BCUT2D eigenvalue weighted by atomic mass is 10.2. The highest BCUT2D eigenvalue weighted by Crippen LogP contribution is 2.09. The van der Waals surface area contributed by atoms with Gasteiger partial charge in [-0.25, -0.2) is 0 Å². The maximum Gasteiger partial charge on any atom is 0.293 e. The molecule has 3 nitrogen and oxygen atoms in total. The fourth-order valence-corrected chi connectivity index (χ4v) is 2.16. The van der Waals surface area contributed by atoms with Gasteiger partial charge >= 0.3 is 0 Å². The molecule has 1 amide bonds. The minimum atomic E-state index is -0.235. The summed E-state index contributed by atoms with van der Waals surface area (Å²) in [6.45, 7) is 6.06. The first-order valence-electron chi connectivity index (χ1n) is 6.98. The zero-order valence-corrected chi connectivity index (χ0v) is 12.3. The van der Waals surface area contributed by atoms with E-state index in [1.807, 2.05) is 48.7 Å². The van der Waals surface area contributed by atoms with E-state index >= 15 is 0 Å². The number of benzene rings is 1. The van der Waals surface area contributed by atoms with E-state index in [2.05, 4.69) is 30.6 Å². The Bertz CT molecular complexity index is 593. The van der Waals surface area contributed by atoms with E-state index in [1.54, 1.807) is 0 Å². The number of nitrogens with one attached hydrogen (secondary N) is 1. The summed E-state index contributed by atoms with van der Waals surface area (Å²) in [4.78, 5) is 12.3. The molecule has 1 N–H and O–H groups in total. The summed E-state index contributed by atoms with van der Waals surface area (Å²) >= 11 is 0. The van der Waals surface area contributed by atoms with E-state index in [9.17, 15) is 4.79 Å². The highest BCUT2D eigenvalue weighted by Gasteiger charge is 2.24. The molecule has 0 bridgehead atoms. The third kappa shape index (κ3) is 3.23. The van der Waals surface area contributed by atoms with Crippen LogP contribution in [0.1, 0.15) is 31.1 Å². The molecule has 0 fully saturated rings. The third-order valence-electron chi connectivity index (χ3n) is 3.50. The molecule has 0 radical (unpaired) electrons. The van der Waals surface area contributed by atoms with Gasteiger partial charge in [-0.3, -0.25) is 4.79 Å². The van der Waals surface area contributed by atoms with E-state index in [-0.39, 0.29) is 11.9 Å². The van der Waals surface area contributed by atoms with Gasteiger partial charge in [0.25, 0.3) is 5.91 Å². The SMILES string of the molecule is CCc1ccc(C)[n+]([C@@H](C)C(=O)Nc2ccccc2)c1. The Morgan fingerprint density at radius 3 is 2.55 bits per heavy atom. The van der Waals surface area contributed by atoms with Gasteiger partial charge < -0.3 is 5.32 Å². The third-order valence-corrected chi connectivity index (χ3v) is 3.50. The number of aromatic nitrogens is 1. The molecule has 0 aliphatic heterocycles. The zero-order chi connectivity index (χ0) is 14.5. The summed E-state index contributed by atoms with van der Waals surface area (Å²) in [6.07, 6.45) is 3.03. The van der Waals surface area contributed by atoms with Gasteiger partial charge in [0.15, 0.2) is 11.9 Å².